The second-order valence-electron chi connectivity index (χ2n) is 6.36. The molecule has 4 rings (SSSR count). The van der Waals surface area contributed by atoms with Crippen LogP contribution < -0.4 is 10.5 Å². The molecule has 1 radical (unpaired) electrons. The van der Waals surface area contributed by atoms with Crippen LogP contribution in [0.1, 0.15) is 26.5 Å². The van der Waals surface area contributed by atoms with E-state index in [1.54, 1.807) is 29.2 Å². The predicted molar refractivity (Wildman–Crippen MR) is 105 cm³/mol. The van der Waals surface area contributed by atoms with E-state index >= 15 is 0 Å². The van der Waals surface area contributed by atoms with Gasteiger partial charge in [0.15, 0.2) is 0 Å². The Labute approximate surface area is 172 Å². The molecule has 1 amide bonds. The van der Waals surface area contributed by atoms with Gasteiger partial charge in [-0.2, -0.15) is 13.2 Å². The number of imidazole rings is 1. The van der Waals surface area contributed by atoms with Gasteiger partial charge in [-0.25, -0.2) is 4.98 Å². The van der Waals surface area contributed by atoms with Crippen LogP contribution in [0.4, 0.5) is 13.2 Å². The summed E-state index contributed by atoms with van der Waals surface area (Å²) in [4.78, 5) is 20.4. The molecule has 10 heteroatoms. The maximum absolute atomic E-state index is 13.2. The van der Waals surface area contributed by atoms with Gasteiger partial charge in [-0.3, -0.25) is 14.3 Å². The van der Waals surface area contributed by atoms with Crippen molar-refractivity contribution in [3.05, 3.63) is 77.5 Å². The third-order valence-electron chi connectivity index (χ3n) is 4.34. The lowest BCUT2D eigenvalue weighted by Crippen LogP contribution is -2.13. The summed E-state index contributed by atoms with van der Waals surface area (Å²) in [5, 5.41) is 0.559. The van der Waals surface area contributed by atoms with E-state index in [9.17, 15) is 18.0 Å². The number of pyridine rings is 1. The van der Waals surface area contributed by atoms with Gasteiger partial charge in [0.25, 0.3) is 5.91 Å². The van der Waals surface area contributed by atoms with Crippen molar-refractivity contribution in [2.24, 2.45) is 5.73 Å². The third-order valence-corrected chi connectivity index (χ3v) is 5.47. The minimum absolute atomic E-state index is 0.0478. The molecule has 3 heterocycles. The van der Waals surface area contributed by atoms with E-state index in [0.717, 1.165) is 17.4 Å². The van der Waals surface area contributed by atoms with Crippen molar-refractivity contribution >= 4 is 28.3 Å². The number of benzene rings is 1. The lowest BCUT2D eigenvalue weighted by molar-refractivity contribution is -0.138. The van der Waals surface area contributed by atoms with E-state index < -0.39 is 17.6 Å². The highest BCUT2D eigenvalue weighted by Gasteiger charge is 2.33. The quantitative estimate of drug-likeness (QED) is 0.509. The first-order chi connectivity index (χ1) is 14.2. The van der Waals surface area contributed by atoms with Crippen LogP contribution in [0.2, 0.25) is 0 Å². The third kappa shape index (κ3) is 3.73. The standard InChI is InChI=1S/C20H14F3N4O2S/c1-11-6-14-15(8-25-11)27(10-26-14)17-7-16(18(30-17)19(24)28)29-9-12-4-2-3-5-13(12)20(21,22)23/h2-8,10H,1,9H2,(H2,24,28). The van der Waals surface area contributed by atoms with E-state index in [0.29, 0.717) is 21.7 Å². The van der Waals surface area contributed by atoms with Crippen molar-refractivity contribution in [3.63, 3.8) is 0 Å². The van der Waals surface area contributed by atoms with Gasteiger partial charge in [-0.1, -0.05) is 18.2 Å². The van der Waals surface area contributed by atoms with Crippen molar-refractivity contribution < 1.29 is 22.7 Å². The zero-order valence-electron chi connectivity index (χ0n) is 15.3. The Morgan fingerprint density at radius 3 is 2.73 bits per heavy atom. The Hall–Kier alpha value is -3.40. The first-order valence-electron chi connectivity index (χ1n) is 8.61. The number of carbonyl (C=O) groups is 1. The van der Waals surface area contributed by atoms with Gasteiger partial charge in [0.05, 0.1) is 22.8 Å². The first kappa shape index (κ1) is 19.9. The van der Waals surface area contributed by atoms with Crippen LogP contribution >= 0.6 is 11.3 Å². The van der Waals surface area contributed by atoms with Crippen molar-refractivity contribution in [2.75, 3.05) is 0 Å². The van der Waals surface area contributed by atoms with E-state index in [4.69, 9.17) is 10.5 Å². The number of primary amides is 1. The molecule has 153 valence electrons. The van der Waals surface area contributed by atoms with E-state index in [1.807, 2.05) is 0 Å². The van der Waals surface area contributed by atoms with Crippen LogP contribution in [0.25, 0.3) is 16.0 Å². The molecule has 0 aliphatic carbocycles. The fourth-order valence-electron chi connectivity index (χ4n) is 2.96. The highest BCUT2D eigenvalue weighted by atomic mass is 32.1. The number of fused-ring (bicyclic) bond motifs is 1. The summed E-state index contributed by atoms with van der Waals surface area (Å²) >= 11 is 1.05. The molecule has 4 aromatic rings. The minimum Gasteiger partial charge on any atom is -0.487 e. The highest BCUT2D eigenvalue weighted by Crippen LogP contribution is 2.36. The summed E-state index contributed by atoms with van der Waals surface area (Å²) in [6.45, 7) is 3.38. The average molecular weight is 431 g/mol. The summed E-state index contributed by atoms with van der Waals surface area (Å²) in [5.74, 6) is -0.643. The van der Waals surface area contributed by atoms with Crippen LogP contribution in [0.5, 0.6) is 5.75 Å². The second kappa shape index (κ2) is 7.45. The van der Waals surface area contributed by atoms with Crippen LogP contribution in [0, 0.1) is 6.92 Å². The molecule has 0 atom stereocenters. The lowest BCUT2D eigenvalue weighted by atomic mass is 10.1. The summed E-state index contributed by atoms with van der Waals surface area (Å²) in [7, 11) is 0. The van der Waals surface area contributed by atoms with Gasteiger partial charge in [0.2, 0.25) is 0 Å². The maximum Gasteiger partial charge on any atom is 0.416 e. The number of amides is 1. The minimum atomic E-state index is -4.51. The maximum atomic E-state index is 13.2. The monoisotopic (exact) mass is 431 g/mol. The molecule has 2 N–H and O–H groups in total. The molecule has 1 aromatic carbocycles. The largest absolute Gasteiger partial charge is 0.487 e. The van der Waals surface area contributed by atoms with Gasteiger partial charge in [0, 0.05) is 17.3 Å². The van der Waals surface area contributed by atoms with Gasteiger partial charge in [-0.15, -0.1) is 11.3 Å². The lowest BCUT2D eigenvalue weighted by Gasteiger charge is -2.13. The molecular weight excluding hydrogens is 417 g/mol. The van der Waals surface area contributed by atoms with Crippen LogP contribution in [0.15, 0.2) is 48.9 Å². The van der Waals surface area contributed by atoms with Crippen molar-refractivity contribution in [2.45, 2.75) is 12.8 Å². The van der Waals surface area contributed by atoms with E-state index in [2.05, 4.69) is 16.9 Å². The van der Waals surface area contributed by atoms with Crippen molar-refractivity contribution in [3.8, 4) is 10.8 Å². The number of nitrogens with zero attached hydrogens (tertiary/aromatic N) is 3. The molecular formula is C20H14F3N4O2S. The topological polar surface area (TPSA) is 83.0 Å². The zero-order chi connectivity index (χ0) is 21.5. The first-order valence-corrected chi connectivity index (χ1v) is 9.42. The Balaban J connectivity index is 1.68. The number of hydrogen-bond acceptors (Lipinski definition) is 5. The molecule has 0 aliphatic rings. The van der Waals surface area contributed by atoms with Gasteiger partial charge in [0.1, 0.15) is 28.6 Å². The molecule has 0 fully saturated rings. The molecule has 30 heavy (non-hydrogen) atoms. The number of alkyl halides is 3. The fourth-order valence-corrected chi connectivity index (χ4v) is 3.90. The highest BCUT2D eigenvalue weighted by molar-refractivity contribution is 7.16. The summed E-state index contributed by atoms with van der Waals surface area (Å²) in [6.07, 6.45) is -1.37. The molecule has 0 saturated heterocycles. The van der Waals surface area contributed by atoms with Crippen LogP contribution in [0.3, 0.4) is 0 Å². The van der Waals surface area contributed by atoms with E-state index in [1.165, 1.54) is 18.2 Å². The van der Waals surface area contributed by atoms with E-state index in [-0.39, 0.29) is 22.8 Å². The Kier molecular flexibility index (Phi) is 4.94. The summed E-state index contributed by atoms with van der Waals surface area (Å²) < 4.78 is 46.9. The molecule has 0 bridgehead atoms. The fraction of sp³-hybridized carbons (Fsp3) is 0.100. The van der Waals surface area contributed by atoms with Gasteiger partial charge >= 0.3 is 6.18 Å². The zero-order valence-corrected chi connectivity index (χ0v) is 16.1. The van der Waals surface area contributed by atoms with Gasteiger partial charge < -0.3 is 10.5 Å². The predicted octanol–water partition coefficient (Wildman–Crippen LogP) is 4.36. The number of rotatable bonds is 5. The number of hydrogen-bond donors (Lipinski definition) is 1. The Morgan fingerprint density at radius 1 is 1.23 bits per heavy atom. The SMILES string of the molecule is [CH2]c1cc2ncn(-c3cc(OCc4ccccc4C(F)(F)F)c(C(N)=O)s3)c2cn1. The smallest absolute Gasteiger partial charge is 0.416 e. The molecule has 3 aromatic heterocycles. The van der Waals surface area contributed by atoms with Crippen molar-refractivity contribution in [1.82, 2.24) is 14.5 Å². The summed E-state index contributed by atoms with van der Waals surface area (Å²) in [6, 6.07) is 8.35. The number of nitrogens with two attached hydrogens (primary N) is 1. The number of aromatic nitrogens is 3. The molecule has 0 spiro atoms. The Morgan fingerprint density at radius 2 is 2.00 bits per heavy atom. The molecule has 0 aliphatic heterocycles. The number of carbonyl (C=O) groups excluding carboxylic acids is 1. The second-order valence-corrected chi connectivity index (χ2v) is 7.40. The van der Waals surface area contributed by atoms with Crippen molar-refractivity contribution in [1.29, 1.82) is 0 Å². The van der Waals surface area contributed by atoms with Crippen LogP contribution in [-0.2, 0) is 12.8 Å². The molecule has 0 saturated carbocycles. The number of ether oxygens (including phenoxy) is 1. The molecule has 6 nitrogen and oxygen atoms in total. The summed E-state index contributed by atoms with van der Waals surface area (Å²) in [5.41, 5.74) is 6.50. The normalized spacial score (nSPS) is 11.7. The Bertz CT molecular complexity index is 1250. The number of thiophene rings is 1. The molecule has 0 unspecified atom stereocenters. The average Bonchev–Trinajstić information content (AvgIpc) is 3.29. The van der Waals surface area contributed by atoms with Crippen LogP contribution in [-0.4, -0.2) is 20.4 Å². The van der Waals surface area contributed by atoms with Gasteiger partial charge in [-0.05, 0) is 19.1 Å². The number of halogens is 3.